The van der Waals surface area contributed by atoms with Gasteiger partial charge in [-0.25, -0.2) is 8.42 Å². The highest BCUT2D eigenvalue weighted by atomic mass is 32.2. The Morgan fingerprint density at radius 3 is 1.35 bits per heavy atom. The Morgan fingerprint density at radius 1 is 0.824 bits per heavy atom. The van der Waals surface area contributed by atoms with Crippen LogP contribution >= 0.6 is 0 Å². The first kappa shape index (κ1) is 14.9. The molecule has 0 atom stereocenters. The maximum Gasteiger partial charge on any atom is 0.150 e. The van der Waals surface area contributed by atoms with E-state index in [-0.39, 0.29) is 0 Å². The van der Waals surface area contributed by atoms with Crippen LogP contribution < -0.4 is 0 Å². The predicted octanol–water partition coefficient (Wildman–Crippen LogP) is 0.972. The molecular weight excluding hydrogens is 240 g/mol. The van der Waals surface area contributed by atoms with Crippen molar-refractivity contribution < 1.29 is 18.6 Å². The van der Waals surface area contributed by atoms with E-state index >= 15 is 0 Å². The van der Waals surface area contributed by atoms with Crippen molar-refractivity contribution >= 4 is 9.84 Å². The van der Waals surface area contributed by atoms with Crippen LogP contribution in [0.4, 0.5) is 0 Å². The van der Waals surface area contributed by atoms with Gasteiger partial charge >= 0.3 is 0 Å². The van der Waals surface area contributed by atoms with Crippen molar-refractivity contribution in [2.75, 3.05) is 24.7 Å². The largest absolute Gasteiger partial charge is 0.396 e. The third-order valence-electron chi connectivity index (χ3n) is 3.64. The summed E-state index contributed by atoms with van der Waals surface area (Å²) in [5.74, 6) is 1.88. The Kier molecular flexibility index (Phi) is 6.44. The normalized spacial score (nSPS) is 31.6. The molecule has 2 N–H and O–H groups in total. The molecule has 1 aliphatic heterocycles. The van der Waals surface area contributed by atoms with Gasteiger partial charge in [0.25, 0.3) is 0 Å². The van der Waals surface area contributed by atoms with Gasteiger partial charge in [0.1, 0.15) is 9.84 Å². The monoisotopic (exact) mass is 264 g/mol. The lowest BCUT2D eigenvalue weighted by molar-refractivity contribution is 0.131. The lowest BCUT2D eigenvalue weighted by atomic mass is 9.83. The van der Waals surface area contributed by atoms with Gasteiger partial charge in [-0.2, -0.15) is 0 Å². The Hall–Kier alpha value is -0.130. The summed E-state index contributed by atoms with van der Waals surface area (Å²) >= 11 is 0. The van der Waals surface area contributed by atoms with Crippen molar-refractivity contribution in [3.63, 3.8) is 0 Å². The number of aliphatic hydroxyl groups is 2. The molecule has 2 rings (SSSR count). The average Bonchev–Trinajstić information content (AvgIpc) is 2.75. The summed E-state index contributed by atoms with van der Waals surface area (Å²) in [6, 6.07) is 0. The first-order chi connectivity index (χ1) is 8.07. The van der Waals surface area contributed by atoms with Gasteiger partial charge < -0.3 is 10.2 Å². The fourth-order valence-corrected chi connectivity index (χ4v) is 3.83. The van der Waals surface area contributed by atoms with Crippen molar-refractivity contribution in [3.05, 3.63) is 0 Å². The molecule has 4 nitrogen and oxygen atoms in total. The standard InChI is InChI=1S/C8H16O2.C4H8O2S/c9-5-7-1-2-8(6-10)4-3-7;5-7(6)3-1-2-4-7/h7-10H,1-6H2;1-4H2. The van der Waals surface area contributed by atoms with Gasteiger partial charge in [0.2, 0.25) is 0 Å². The molecule has 5 heteroatoms. The second-order valence-electron chi connectivity index (χ2n) is 5.11. The molecule has 0 unspecified atom stereocenters. The molecule has 0 aromatic rings. The average molecular weight is 264 g/mol. The molecule has 17 heavy (non-hydrogen) atoms. The maximum absolute atomic E-state index is 10.4. The summed E-state index contributed by atoms with van der Waals surface area (Å²) in [5, 5.41) is 17.6. The van der Waals surface area contributed by atoms with E-state index in [2.05, 4.69) is 0 Å². The fourth-order valence-electron chi connectivity index (χ4n) is 2.34. The third-order valence-corrected chi connectivity index (χ3v) is 5.46. The molecule has 1 saturated heterocycles. The topological polar surface area (TPSA) is 74.6 Å². The van der Waals surface area contributed by atoms with E-state index < -0.39 is 9.84 Å². The number of aliphatic hydroxyl groups excluding tert-OH is 2. The molecule has 102 valence electrons. The molecule has 1 aliphatic carbocycles. The van der Waals surface area contributed by atoms with E-state index in [1.54, 1.807) is 0 Å². The molecule has 0 spiro atoms. The zero-order valence-electron chi connectivity index (χ0n) is 10.3. The summed E-state index contributed by atoms with van der Waals surface area (Å²) in [6.07, 6.45) is 6.15. The number of hydrogen-bond acceptors (Lipinski definition) is 4. The van der Waals surface area contributed by atoms with Crippen LogP contribution in [0, 0.1) is 11.8 Å². The zero-order valence-corrected chi connectivity index (χ0v) is 11.2. The summed E-state index contributed by atoms with van der Waals surface area (Å²) < 4.78 is 20.9. The molecule has 2 aliphatic rings. The van der Waals surface area contributed by atoms with Gasteiger partial charge in [0, 0.05) is 13.2 Å². The number of rotatable bonds is 2. The highest BCUT2D eigenvalue weighted by molar-refractivity contribution is 7.91. The third kappa shape index (κ3) is 5.84. The van der Waals surface area contributed by atoms with Crippen LogP contribution in [0.5, 0.6) is 0 Å². The minimum atomic E-state index is -2.55. The molecular formula is C12H24O4S. The van der Waals surface area contributed by atoms with Crippen molar-refractivity contribution in [1.82, 2.24) is 0 Å². The van der Waals surface area contributed by atoms with Crippen LogP contribution in [-0.4, -0.2) is 43.4 Å². The van der Waals surface area contributed by atoms with Gasteiger partial charge in [-0.3, -0.25) is 0 Å². The highest BCUT2D eigenvalue weighted by Crippen LogP contribution is 2.27. The number of sulfone groups is 1. The van der Waals surface area contributed by atoms with Crippen LogP contribution in [0.25, 0.3) is 0 Å². The lowest BCUT2D eigenvalue weighted by Gasteiger charge is -2.25. The Labute approximate surface area is 104 Å². The Balaban J connectivity index is 0.000000181. The van der Waals surface area contributed by atoms with E-state index in [0.717, 1.165) is 38.5 Å². The summed E-state index contributed by atoms with van der Waals surface area (Å²) in [6.45, 7) is 0.663. The zero-order chi connectivity index (χ0) is 12.7. The van der Waals surface area contributed by atoms with Gasteiger partial charge in [-0.05, 0) is 50.4 Å². The van der Waals surface area contributed by atoms with Crippen molar-refractivity contribution in [3.8, 4) is 0 Å². The molecule has 0 bridgehead atoms. The number of hydrogen-bond donors (Lipinski definition) is 2. The van der Waals surface area contributed by atoms with Gasteiger partial charge in [-0.15, -0.1) is 0 Å². The van der Waals surface area contributed by atoms with Gasteiger partial charge in [0.15, 0.2) is 0 Å². The SMILES string of the molecule is O=S1(=O)CCCC1.OCC1CCC(CO)CC1. The Morgan fingerprint density at radius 2 is 1.18 bits per heavy atom. The van der Waals surface area contributed by atoms with Gasteiger partial charge in [0.05, 0.1) is 11.5 Å². The maximum atomic E-state index is 10.4. The minimum Gasteiger partial charge on any atom is -0.396 e. The second-order valence-corrected chi connectivity index (χ2v) is 7.41. The smallest absolute Gasteiger partial charge is 0.150 e. The minimum absolute atomic E-state index is 0.331. The summed E-state index contributed by atoms with van der Waals surface area (Å²) in [4.78, 5) is 0. The first-order valence-corrected chi connectivity index (χ1v) is 8.31. The quantitative estimate of drug-likeness (QED) is 0.779. The van der Waals surface area contributed by atoms with Crippen LogP contribution in [0.2, 0.25) is 0 Å². The van der Waals surface area contributed by atoms with Crippen molar-refractivity contribution in [2.24, 2.45) is 11.8 Å². The first-order valence-electron chi connectivity index (χ1n) is 6.49. The van der Waals surface area contributed by atoms with Crippen LogP contribution in [-0.2, 0) is 9.84 Å². The molecule has 2 fully saturated rings. The summed E-state index contributed by atoms with van der Waals surface area (Å²) in [5.41, 5.74) is 0. The summed E-state index contributed by atoms with van der Waals surface area (Å²) in [7, 11) is -2.55. The van der Waals surface area contributed by atoms with E-state index in [1.165, 1.54) is 0 Å². The van der Waals surface area contributed by atoms with Crippen LogP contribution in [0.15, 0.2) is 0 Å². The predicted molar refractivity (Wildman–Crippen MR) is 67.5 cm³/mol. The fraction of sp³-hybridized carbons (Fsp3) is 1.00. The van der Waals surface area contributed by atoms with E-state index in [1.807, 2.05) is 0 Å². The van der Waals surface area contributed by atoms with Gasteiger partial charge in [-0.1, -0.05) is 0 Å². The molecule has 0 aromatic carbocycles. The Bertz CT molecular complexity index is 268. The lowest BCUT2D eigenvalue weighted by Crippen LogP contribution is -2.19. The van der Waals surface area contributed by atoms with Crippen molar-refractivity contribution in [2.45, 2.75) is 38.5 Å². The molecule has 1 heterocycles. The molecule has 0 amide bonds. The van der Waals surface area contributed by atoms with E-state index in [4.69, 9.17) is 10.2 Å². The molecule has 1 saturated carbocycles. The molecule has 0 aromatic heterocycles. The van der Waals surface area contributed by atoms with Crippen molar-refractivity contribution in [1.29, 1.82) is 0 Å². The molecule has 0 radical (unpaired) electrons. The second kappa shape index (κ2) is 7.34. The van der Waals surface area contributed by atoms with Crippen LogP contribution in [0.1, 0.15) is 38.5 Å². The highest BCUT2D eigenvalue weighted by Gasteiger charge is 2.19. The van der Waals surface area contributed by atoms with Crippen LogP contribution in [0.3, 0.4) is 0 Å². The van der Waals surface area contributed by atoms with E-state index in [0.29, 0.717) is 36.6 Å². The van der Waals surface area contributed by atoms with E-state index in [9.17, 15) is 8.42 Å².